The average molecular weight is 398 g/mol. The summed E-state index contributed by atoms with van der Waals surface area (Å²) in [4.78, 5) is 33.6. The number of anilines is 1. The van der Waals surface area contributed by atoms with Gasteiger partial charge in [0.2, 0.25) is 11.8 Å². The fraction of sp³-hybridized carbons (Fsp3) is 0.111. The number of hydrogen-bond donors (Lipinski definition) is 1. The van der Waals surface area contributed by atoms with Crippen LogP contribution in [-0.2, 0) is 4.79 Å². The second-order valence-corrected chi connectivity index (χ2v) is 6.58. The standard InChI is InChI=1S/C18H14N4O5S/c1-11(23)19-14-7-5-12(6-8-14)16(24)10-28-18-21-20-17(27-18)13-3-2-4-15(9-13)22(25)26/h2-9H,10H2,1H3,(H,19,23). The van der Waals surface area contributed by atoms with Gasteiger partial charge in [0, 0.05) is 35.9 Å². The molecule has 1 N–H and O–H groups in total. The van der Waals surface area contributed by atoms with Crippen LogP contribution in [-0.4, -0.2) is 32.6 Å². The lowest BCUT2D eigenvalue weighted by molar-refractivity contribution is -0.384. The van der Waals surface area contributed by atoms with Crippen LogP contribution in [0, 0.1) is 10.1 Å². The van der Waals surface area contributed by atoms with E-state index in [0.29, 0.717) is 16.8 Å². The molecule has 28 heavy (non-hydrogen) atoms. The number of Topliss-reactive ketones (excluding diaryl/α,β-unsaturated/α-hetero) is 1. The molecule has 1 amide bonds. The van der Waals surface area contributed by atoms with Crippen molar-refractivity contribution < 1.29 is 18.9 Å². The Morgan fingerprint density at radius 2 is 1.93 bits per heavy atom. The molecule has 3 rings (SSSR count). The number of nitrogens with one attached hydrogen (secondary N) is 1. The largest absolute Gasteiger partial charge is 0.411 e. The molecule has 0 spiro atoms. The maximum Gasteiger partial charge on any atom is 0.277 e. The number of nitro benzene ring substituents is 1. The number of carbonyl (C=O) groups is 2. The highest BCUT2D eigenvalue weighted by Crippen LogP contribution is 2.26. The zero-order valence-corrected chi connectivity index (χ0v) is 15.4. The van der Waals surface area contributed by atoms with Crippen LogP contribution in [0.2, 0.25) is 0 Å². The summed E-state index contributed by atoms with van der Waals surface area (Å²) >= 11 is 1.07. The summed E-state index contributed by atoms with van der Waals surface area (Å²) in [6.07, 6.45) is 0. The minimum absolute atomic E-state index is 0.0794. The number of amides is 1. The van der Waals surface area contributed by atoms with Crippen LogP contribution in [0.4, 0.5) is 11.4 Å². The van der Waals surface area contributed by atoms with Crippen molar-refractivity contribution >= 4 is 34.8 Å². The number of carbonyl (C=O) groups excluding carboxylic acids is 2. The van der Waals surface area contributed by atoms with Crippen molar-refractivity contribution in [2.75, 3.05) is 11.1 Å². The molecule has 1 aromatic heterocycles. The molecule has 142 valence electrons. The maximum atomic E-state index is 12.3. The maximum absolute atomic E-state index is 12.3. The number of hydrogen-bond acceptors (Lipinski definition) is 8. The molecule has 0 saturated heterocycles. The SMILES string of the molecule is CC(=O)Nc1ccc(C(=O)CSc2nnc(-c3cccc([N+](=O)[O-])c3)o2)cc1. The molecule has 0 fully saturated rings. The van der Waals surface area contributed by atoms with Crippen molar-refractivity contribution in [3.05, 3.63) is 64.2 Å². The molecule has 2 aromatic carbocycles. The van der Waals surface area contributed by atoms with Crippen LogP contribution in [0.5, 0.6) is 0 Å². The van der Waals surface area contributed by atoms with Crippen LogP contribution >= 0.6 is 11.8 Å². The normalized spacial score (nSPS) is 10.5. The Morgan fingerprint density at radius 1 is 1.18 bits per heavy atom. The molecule has 0 atom stereocenters. The molecule has 0 aliphatic rings. The highest BCUT2D eigenvalue weighted by Gasteiger charge is 2.15. The quantitative estimate of drug-likeness (QED) is 0.277. The van der Waals surface area contributed by atoms with Crippen molar-refractivity contribution in [1.29, 1.82) is 0 Å². The Labute approximate surface area is 163 Å². The highest BCUT2D eigenvalue weighted by molar-refractivity contribution is 7.99. The Kier molecular flexibility index (Phi) is 5.80. The van der Waals surface area contributed by atoms with E-state index in [2.05, 4.69) is 15.5 Å². The second-order valence-electron chi connectivity index (χ2n) is 5.65. The van der Waals surface area contributed by atoms with Crippen molar-refractivity contribution in [2.24, 2.45) is 0 Å². The highest BCUT2D eigenvalue weighted by atomic mass is 32.2. The monoisotopic (exact) mass is 398 g/mol. The van der Waals surface area contributed by atoms with Gasteiger partial charge in [-0.2, -0.15) is 0 Å². The predicted molar refractivity (Wildman–Crippen MR) is 102 cm³/mol. The Morgan fingerprint density at radius 3 is 2.61 bits per heavy atom. The number of non-ortho nitro benzene ring substituents is 1. The Bertz CT molecular complexity index is 1030. The van der Waals surface area contributed by atoms with Gasteiger partial charge in [-0.1, -0.05) is 17.8 Å². The molecule has 3 aromatic rings. The van der Waals surface area contributed by atoms with Gasteiger partial charge < -0.3 is 9.73 Å². The van der Waals surface area contributed by atoms with E-state index in [1.807, 2.05) is 0 Å². The fourth-order valence-electron chi connectivity index (χ4n) is 2.29. The van der Waals surface area contributed by atoms with Gasteiger partial charge >= 0.3 is 0 Å². The van der Waals surface area contributed by atoms with E-state index in [1.165, 1.54) is 25.1 Å². The van der Waals surface area contributed by atoms with E-state index in [1.54, 1.807) is 30.3 Å². The molecule has 10 heteroatoms. The number of thioether (sulfide) groups is 1. The summed E-state index contributed by atoms with van der Waals surface area (Å²) in [5.41, 5.74) is 1.44. The Hall–Kier alpha value is -3.53. The first-order valence-electron chi connectivity index (χ1n) is 8.04. The third-order valence-electron chi connectivity index (χ3n) is 3.56. The first-order chi connectivity index (χ1) is 13.4. The molecule has 0 bridgehead atoms. The van der Waals surface area contributed by atoms with Gasteiger partial charge in [-0.15, -0.1) is 10.2 Å². The molecule has 0 radical (unpaired) electrons. The van der Waals surface area contributed by atoms with Crippen molar-refractivity contribution in [3.8, 4) is 11.5 Å². The van der Waals surface area contributed by atoms with Crippen LogP contribution in [0.15, 0.2) is 58.2 Å². The molecule has 0 saturated carbocycles. The molecular formula is C18H14N4O5S. The molecule has 0 aliphatic carbocycles. The van der Waals surface area contributed by atoms with E-state index < -0.39 is 4.92 Å². The summed E-state index contributed by atoms with van der Waals surface area (Å²) in [5, 5.41) is 21.4. The minimum atomic E-state index is -0.509. The molecule has 1 heterocycles. The minimum Gasteiger partial charge on any atom is -0.411 e. The van der Waals surface area contributed by atoms with E-state index in [9.17, 15) is 19.7 Å². The first-order valence-corrected chi connectivity index (χ1v) is 9.03. The van der Waals surface area contributed by atoms with Crippen LogP contribution in [0.3, 0.4) is 0 Å². The zero-order valence-electron chi connectivity index (χ0n) is 14.6. The number of nitrogens with zero attached hydrogens (tertiary/aromatic N) is 3. The van der Waals surface area contributed by atoms with Gasteiger partial charge in [0.25, 0.3) is 10.9 Å². The lowest BCUT2D eigenvalue weighted by Gasteiger charge is -2.03. The van der Waals surface area contributed by atoms with Crippen molar-refractivity contribution in [1.82, 2.24) is 10.2 Å². The van der Waals surface area contributed by atoms with Crippen LogP contribution < -0.4 is 5.32 Å². The van der Waals surface area contributed by atoms with Gasteiger partial charge in [-0.05, 0) is 30.3 Å². The first kappa shape index (κ1) is 19.2. The summed E-state index contributed by atoms with van der Waals surface area (Å²) in [5.74, 6) is -0.117. The molecule has 0 aliphatic heterocycles. The second kappa shape index (κ2) is 8.44. The predicted octanol–water partition coefficient (Wildman–Crippen LogP) is 3.58. The van der Waals surface area contributed by atoms with Crippen LogP contribution in [0.1, 0.15) is 17.3 Å². The van der Waals surface area contributed by atoms with Crippen LogP contribution in [0.25, 0.3) is 11.5 Å². The van der Waals surface area contributed by atoms with E-state index in [0.717, 1.165) is 11.8 Å². The lowest BCUT2D eigenvalue weighted by atomic mass is 10.1. The summed E-state index contributed by atoms with van der Waals surface area (Å²) < 4.78 is 5.47. The number of rotatable bonds is 7. The van der Waals surface area contributed by atoms with Gasteiger partial charge in [-0.3, -0.25) is 19.7 Å². The van der Waals surface area contributed by atoms with Crippen molar-refractivity contribution in [2.45, 2.75) is 12.1 Å². The Balaban J connectivity index is 1.62. The van der Waals surface area contributed by atoms with E-state index in [4.69, 9.17) is 4.42 Å². The van der Waals surface area contributed by atoms with Gasteiger partial charge in [0.1, 0.15) is 0 Å². The zero-order chi connectivity index (χ0) is 20.1. The van der Waals surface area contributed by atoms with Gasteiger partial charge in [0.15, 0.2) is 5.78 Å². The average Bonchev–Trinajstić information content (AvgIpc) is 3.15. The summed E-state index contributed by atoms with van der Waals surface area (Å²) in [6.45, 7) is 1.40. The van der Waals surface area contributed by atoms with Crippen molar-refractivity contribution in [3.63, 3.8) is 0 Å². The van der Waals surface area contributed by atoms with Gasteiger partial charge in [0.05, 0.1) is 10.7 Å². The van der Waals surface area contributed by atoms with E-state index >= 15 is 0 Å². The summed E-state index contributed by atoms with van der Waals surface area (Å²) in [7, 11) is 0. The fourth-order valence-corrected chi connectivity index (χ4v) is 2.95. The van der Waals surface area contributed by atoms with E-state index in [-0.39, 0.29) is 34.2 Å². The van der Waals surface area contributed by atoms with Gasteiger partial charge in [-0.25, -0.2) is 0 Å². The third-order valence-corrected chi connectivity index (χ3v) is 4.38. The number of nitro groups is 1. The summed E-state index contributed by atoms with van der Waals surface area (Å²) in [6, 6.07) is 12.4. The topological polar surface area (TPSA) is 128 Å². The molecule has 9 nitrogen and oxygen atoms in total. The smallest absolute Gasteiger partial charge is 0.277 e. The lowest BCUT2D eigenvalue weighted by Crippen LogP contribution is -2.07. The number of benzene rings is 2. The molecule has 0 unspecified atom stereocenters. The third kappa shape index (κ3) is 4.80. The number of ketones is 1. The number of aromatic nitrogens is 2. The molecular weight excluding hydrogens is 384 g/mol.